The van der Waals surface area contributed by atoms with Gasteiger partial charge >= 0.3 is 6.03 Å². The van der Waals surface area contributed by atoms with Crippen LogP contribution in [0.2, 0.25) is 5.02 Å². The van der Waals surface area contributed by atoms with Crippen molar-refractivity contribution < 1.29 is 9.59 Å². The molecule has 1 aromatic carbocycles. The molecule has 20 heavy (non-hydrogen) atoms. The molecule has 0 spiro atoms. The molecule has 0 atom stereocenters. The number of carbonyl (C=O) groups excluding carboxylic acids is 2. The van der Waals surface area contributed by atoms with E-state index in [2.05, 4.69) is 10.6 Å². The molecule has 0 radical (unpaired) electrons. The van der Waals surface area contributed by atoms with E-state index in [1.807, 2.05) is 20.8 Å². The van der Waals surface area contributed by atoms with E-state index in [1.54, 1.807) is 18.2 Å². The van der Waals surface area contributed by atoms with Crippen molar-refractivity contribution in [1.29, 1.82) is 0 Å². The summed E-state index contributed by atoms with van der Waals surface area (Å²) in [4.78, 5) is 23.9. The summed E-state index contributed by atoms with van der Waals surface area (Å²) in [5.74, 6) is -0.248. The Morgan fingerprint density at radius 1 is 1.35 bits per heavy atom. The van der Waals surface area contributed by atoms with E-state index in [4.69, 9.17) is 17.3 Å². The molecule has 1 aromatic rings. The highest BCUT2D eigenvalue weighted by molar-refractivity contribution is 8.00. The van der Waals surface area contributed by atoms with Gasteiger partial charge in [0.2, 0.25) is 5.91 Å². The summed E-state index contributed by atoms with van der Waals surface area (Å²) in [5.41, 5.74) is 5.70. The summed E-state index contributed by atoms with van der Waals surface area (Å²) in [7, 11) is 0. The van der Waals surface area contributed by atoms with E-state index >= 15 is 0 Å². The van der Waals surface area contributed by atoms with Crippen LogP contribution in [-0.2, 0) is 4.79 Å². The number of thioether (sulfide) groups is 1. The standard InChI is InChI=1S/C13H18ClN3O2S/c1-13(2,3)17-12(19)16-11(18)7-20-8-4-5-10(15)9(14)6-8/h4-6H,7,15H2,1-3H3,(H2,16,17,18,19). The second kappa shape index (κ2) is 6.85. The van der Waals surface area contributed by atoms with E-state index in [0.29, 0.717) is 10.7 Å². The van der Waals surface area contributed by atoms with Crippen LogP contribution in [0.15, 0.2) is 23.1 Å². The topological polar surface area (TPSA) is 84.2 Å². The smallest absolute Gasteiger partial charge is 0.321 e. The van der Waals surface area contributed by atoms with Gasteiger partial charge in [-0.3, -0.25) is 10.1 Å². The van der Waals surface area contributed by atoms with E-state index in [1.165, 1.54) is 11.8 Å². The van der Waals surface area contributed by atoms with Gasteiger partial charge in [-0.15, -0.1) is 11.8 Å². The third-order valence-electron chi connectivity index (χ3n) is 2.08. The molecular weight excluding hydrogens is 298 g/mol. The van der Waals surface area contributed by atoms with Crippen LogP contribution >= 0.6 is 23.4 Å². The number of urea groups is 1. The van der Waals surface area contributed by atoms with Crippen molar-refractivity contribution in [1.82, 2.24) is 10.6 Å². The lowest BCUT2D eigenvalue weighted by molar-refractivity contribution is -0.117. The molecule has 0 bridgehead atoms. The maximum Gasteiger partial charge on any atom is 0.321 e. The maximum absolute atomic E-state index is 11.6. The minimum Gasteiger partial charge on any atom is -0.398 e. The van der Waals surface area contributed by atoms with Crippen molar-refractivity contribution in [2.75, 3.05) is 11.5 Å². The number of hydrogen-bond acceptors (Lipinski definition) is 4. The molecular formula is C13H18ClN3O2S. The van der Waals surface area contributed by atoms with Crippen molar-refractivity contribution in [2.45, 2.75) is 31.2 Å². The lowest BCUT2D eigenvalue weighted by atomic mass is 10.1. The Bertz CT molecular complexity index is 515. The maximum atomic E-state index is 11.6. The van der Waals surface area contributed by atoms with Gasteiger partial charge in [-0.25, -0.2) is 4.79 Å². The van der Waals surface area contributed by atoms with Crippen LogP contribution in [0.3, 0.4) is 0 Å². The number of imide groups is 1. The van der Waals surface area contributed by atoms with Crippen LogP contribution in [0.25, 0.3) is 0 Å². The zero-order valence-corrected chi connectivity index (χ0v) is 13.2. The van der Waals surface area contributed by atoms with Gasteiger partial charge in [0, 0.05) is 10.4 Å². The lowest BCUT2D eigenvalue weighted by Crippen LogP contribution is -2.48. The quantitative estimate of drug-likeness (QED) is 0.591. The second-order valence-corrected chi connectivity index (χ2v) is 6.68. The molecule has 0 unspecified atom stereocenters. The number of halogens is 1. The predicted molar refractivity (Wildman–Crippen MR) is 83.0 cm³/mol. The summed E-state index contributed by atoms with van der Waals surface area (Å²) < 4.78 is 0. The average molecular weight is 316 g/mol. The number of nitrogens with one attached hydrogen (secondary N) is 2. The van der Waals surface area contributed by atoms with Crippen LogP contribution in [-0.4, -0.2) is 23.2 Å². The summed E-state index contributed by atoms with van der Waals surface area (Å²) in [6.45, 7) is 5.51. The van der Waals surface area contributed by atoms with Gasteiger partial charge in [0.1, 0.15) is 0 Å². The predicted octanol–water partition coefficient (Wildman–Crippen LogP) is 2.64. The normalized spacial score (nSPS) is 11.0. The Kier molecular flexibility index (Phi) is 5.71. The van der Waals surface area contributed by atoms with Crippen molar-refractivity contribution in [3.05, 3.63) is 23.2 Å². The van der Waals surface area contributed by atoms with Crippen LogP contribution < -0.4 is 16.4 Å². The van der Waals surface area contributed by atoms with Gasteiger partial charge in [0.15, 0.2) is 0 Å². The Balaban J connectivity index is 2.43. The Morgan fingerprint density at radius 2 is 2.00 bits per heavy atom. The molecule has 3 amide bonds. The second-order valence-electron chi connectivity index (χ2n) is 5.22. The molecule has 0 aliphatic heterocycles. The zero-order valence-electron chi connectivity index (χ0n) is 11.6. The molecule has 0 fully saturated rings. The summed E-state index contributed by atoms with van der Waals surface area (Å²) in [6, 6.07) is 4.63. The van der Waals surface area contributed by atoms with Gasteiger partial charge in [-0.1, -0.05) is 11.6 Å². The molecule has 5 nitrogen and oxygen atoms in total. The Hall–Kier alpha value is -1.40. The molecule has 0 aliphatic carbocycles. The van der Waals surface area contributed by atoms with E-state index in [9.17, 15) is 9.59 Å². The first-order chi connectivity index (χ1) is 9.17. The minimum absolute atomic E-state index is 0.123. The first kappa shape index (κ1) is 16.7. The van der Waals surface area contributed by atoms with E-state index in [0.717, 1.165) is 4.90 Å². The van der Waals surface area contributed by atoms with Crippen molar-refractivity contribution in [2.24, 2.45) is 0 Å². The van der Waals surface area contributed by atoms with Gasteiger partial charge in [0.25, 0.3) is 0 Å². The third-order valence-corrected chi connectivity index (χ3v) is 3.40. The van der Waals surface area contributed by atoms with Gasteiger partial charge < -0.3 is 11.1 Å². The fraction of sp³-hybridized carbons (Fsp3) is 0.385. The van der Waals surface area contributed by atoms with Crippen LogP contribution in [0.4, 0.5) is 10.5 Å². The van der Waals surface area contributed by atoms with Gasteiger partial charge in [-0.05, 0) is 39.0 Å². The fourth-order valence-electron chi connectivity index (χ4n) is 1.28. The molecule has 0 saturated carbocycles. The highest BCUT2D eigenvalue weighted by Crippen LogP contribution is 2.26. The molecule has 1 rings (SSSR count). The van der Waals surface area contributed by atoms with Crippen molar-refractivity contribution in [3.63, 3.8) is 0 Å². The molecule has 0 saturated heterocycles. The number of amides is 3. The third kappa shape index (κ3) is 6.16. The first-order valence-electron chi connectivity index (χ1n) is 5.97. The highest BCUT2D eigenvalue weighted by Gasteiger charge is 2.15. The van der Waals surface area contributed by atoms with Crippen molar-refractivity contribution in [3.8, 4) is 0 Å². The largest absolute Gasteiger partial charge is 0.398 e. The number of carbonyl (C=O) groups is 2. The summed E-state index contributed by atoms with van der Waals surface area (Å²) >= 11 is 7.16. The van der Waals surface area contributed by atoms with Gasteiger partial charge in [-0.2, -0.15) is 0 Å². The molecule has 110 valence electrons. The first-order valence-corrected chi connectivity index (χ1v) is 7.33. The van der Waals surface area contributed by atoms with E-state index < -0.39 is 6.03 Å². The number of anilines is 1. The highest BCUT2D eigenvalue weighted by atomic mass is 35.5. The average Bonchev–Trinajstić information content (AvgIpc) is 2.28. The zero-order chi connectivity index (χ0) is 15.3. The molecule has 7 heteroatoms. The molecule has 4 N–H and O–H groups in total. The molecule has 0 aliphatic rings. The van der Waals surface area contributed by atoms with Crippen LogP contribution in [0.1, 0.15) is 20.8 Å². The number of rotatable bonds is 3. The summed E-state index contributed by atoms with van der Waals surface area (Å²) in [5, 5.41) is 5.36. The minimum atomic E-state index is -0.501. The van der Waals surface area contributed by atoms with Crippen LogP contribution in [0, 0.1) is 0 Å². The Morgan fingerprint density at radius 3 is 2.55 bits per heavy atom. The molecule has 0 heterocycles. The number of nitrogen functional groups attached to an aromatic ring is 1. The van der Waals surface area contributed by atoms with Crippen LogP contribution in [0.5, 0.6) is 0 Å². The summed E-state index contributed by atoms with van der Waals surface area (Å²) in [6.07, 6.45) is 0. The number of hydrogen-bond donors (Lipinski definition) is 3. The number of nitrogens with two attached hydrogens (primary N) is 1. The van der Waals surface area contributed by atoms with Gasteiger partial charge in [0.05, 0.1) is 16.5 Å². The molecule has 0 aromatic heterocycles. The fourth-order valence-corrected chi connectivity index (χ4v) is 2.26. The van der Waals surface area contributed by atoms with Crippen molar-refractivity contribution >= 4 is 41.0 Å². The number of benzene rings is 1. The van der Waals surface area contributed by atoms with E-state index in [-0.39, 0.29) is 17.2 Å². The Labute approximate surface area is 127 Å². The lowest BCUT2D eigenvalue weighted by Gasteiger charge is -2.20. The SMILES string of the molecule is CC(C)(C)NC(=O)NC(=O)CSc1ccc(N)c(Cl)c1. The monoisotopic (exact) mass is 315 g/mol.